The first-order chi connectivity index (χ1) is 17.5. The third-order valence-electron chi connectivity index (χ3n) is 6.16. The molecule has 2 heterocycles. The summed E-state index contributed by atoms with van der Waals surface area (Å²) < 4.78 is 11.2. The number of hydrogen-bond donors (Lipinski definition) is 0. The van der Waals surface area contributed by atoms with Crippen molar-refractivity contribution in [3.63, 3.8) is 0 Å². The number of carbonyl (C=O) groups is 3. The highest BCUT2D eigenvalue weighted by Gasteiger charge is 2.37. The Morgan fingerprint density at radius 3 is 2.47 bits per heavy atom. The van der Waals surface area contributed by atoms with Gasteiger partial charge in [0, 0.05) is 31.9 Å². The summed E-state index contributed by atoms with van der Waals surface area (Å²) in [6, 6.07) is 15.4. The van der Waals surface area contributed by atoms with E-state index in [0.717, 1.165) is 35.2 Å². The maximum Gasteiger partial charge on any atom is 0.294 e. The van der Waals surface area contributed by atoms with Gasteiger partial charge >= 0.3 is 0 Å². The molecule has 2 aromatic carbocycles. The Bertz CT molecular complexity index is 1130. The second-order valence-corrected chi connectivity index (χ2v) is 9.58. The van der Waals surface area contributed by atoms with E-state index in [1.54, 1.807) is 30.2 Å². The van der Waals surface area contributed by atoms with Crippen molar-refractivity contribution < 1.29 is 23.9 Å². The predicted octanol–water partition coefficient (Wildman–Crippen LogP) is 4.26. The molecule has 0 aromatic heterocycles. The third kappa shape index (κ3) is 6.02. The molecule has 36 heavy (non-hydrogen) atoms. The van der Waals surface area contributed by atoms with Crippen molar-refractivity contribution in [3.8, 4) is 11.5 Å². The minimum atomic E-state index is -0.455. The highest BCUT2D eigenvalue weighted by atomic mass is 32.2. The number of nitrogens with zero attached hydrogens (tertiary/aromatic N) is 3. The number of anilines is 1. The number of unbranched alkanes of at least 4 members (excludes halogenated alkanes) is 1. The fourth-order valence-electron chi connectivity index (χ4n) is 4.10. The van der Waals surface area contributed by atoms with E-state index < -0.39 is 11.1 Å². The van der Waals surface area contributed by atoms with Crippen LogP contribution in [0.2, 0.25) is 0 Å². The van der Waals surface area contributed by atoms with Crippen LogP contribution in [0.3, 0.4) is 0 Å². The van der Waals surface area contributed by atoms with Crippen LogP contribution in [0.4, 0.5) is 10.5 Å². The SMILES string of the molecule is CCCCOc1ccc(/C=C2\SC(=O)N(CC(=O)N3CCN(c4ccccc4)CC3)C2=O)cc1OC. The zero-order chi connectivity index (χ0) is 25.5. The lowest BCUT2D eigenvalue weighted by Crippen LogP contribution is -2.51. The molecule has 2 fully saturated rings. The minimum absolute atomic E-state index is 0.221. The van der Waals surface area contributed by atoms with E-state index in [1.807, 2.05) is 36.4 Å². The van der Waals surface area contributed by atoms with Gasteiger partial charge in [0.1, 0.15) is 6.54 Å². The Labute approximate surface area is 215 Å². The number of hydrogen-bond acceptors (Lipinski definition) is 7. The highest BCUT2D eigenvalue weighted by Crippen LogP contribution is 2.34. The number of thioether (sulfide) groups is 1. The van der Waals surface area contributed by atoms with Gasteiger partial charge in [-0.1, -0.05) is 37.6 Å². The van der Waals surface area contributed by atoms with Crippen molar-refractivity contribution in [2.45, 2.75) is 19.8 Å². The molecule has 3 amide bonds. The average molecular weight is 510 g/mol. The molecule has 2 saturated heterocycles. The van der Waals surface area contributed by atoms with Gasteiger partial charge in [0.2, 0.25) is 5.91 Å². The number of amides is 3. The lowest BCUT2D eigenvalue weighted by Gasteiger charge is -2.36. The molecule has 0 bridgehead atoms. The number of rotatable bonds is 9. The molecular weight excluding hydrogens is 478 g/mol. The van der Waals surface area contributed by atoms with Crippen LogP contribution in [0.1, 0.15) is 25.3 Å². The van der Waals surface area contributed by atoms with Crippen molar-refractivity contribution in [1.82, 2.24) is 9.80 Å². The van der Waals surface area contributed by atoms with Gasteiger partial charge in [-0.15, -0.1) is 0 Å². The molecule has 0 atom stereocenters. The van der Waals surface area contributed by atoms with Crippen LogP contribution >= 0.6 is 11.8 Å². The van der Waals surface area contributed by atoms with E-state index in [2.05, 4.69) is 11.8 Å². The van der Waals surface area contributed by atoms with Gasteiger partial charge in [-0.2, -0.15) is 0 Å². The van der Waals surface area contributed by atoms with E-state index in [-0.39, 0.29) is 17.4 Å². The zero-order valence-corrected chi connectivity index (χ0v) is 21.5. The summed E-state index contributed by atoms with van der Waals surface area (Å²) in [5, 5.41) is -0.436. The van der Waals surface area contributed by atoms with Crippen LogP contribution in [-0.4, -0.2) is 73.3 Å². The van der Waals surface area contributed by atoms with Crippen molar-refractivity contribution in [3.05, 3.63) is 59.0 Å². The molecule has 2 aliphatic rings. The second-order valence-electron chi connectivity index (χ2n) is 8.58. The number of para-hydroxylation sites is 1. The first-order valence-electron chi connectivity index (χ1n) is 12.1. The van der Waals surface area contributed by atoms with Gasteiger partial charge in [-0.05, 0) is 54.1 Å². The lowest BCUT2D eigenvalue weighted by atomic mass is 10.2. The number of methoxy groups -OCH3 is 1. The summed E-state index contributed by atoms with van der Waals surface area (Å²) in [4.78, 5) is 43.7. The van der Waals surface area contributed by atoms with Gasteiger partial charge in [0.05, 0.1) is 18.6 Å². The minimum Gasteiger partial charge on any atom is -0.493 e. The highest BCUT2D eigenvalue weighted by molar-refractivity contribution is 8.18. The van der Waals surface area contributed by atoms with E-state index in [9.17, 15) is 14.4 Å². The molecule has 0 aliphatic carbocycles. The van der Waals surface area contributed by atoms with E-state index in [0.29, 0.717) is 49.8 Å². The Balaban J connectivity index is 1.36. The first kappa shape index (κ1) is 25.6. The normalized spacial score (nSPS) is 17.2. The molecule has 0 unspecified atom stereocenters. The molecule has 190 valence electrons. The second kappa shape index (κ2) is 12.0. The smallest absolute Gasteiger partial charge is 0.294 e. The van der Waals surface area contributed by atoms with Gasteiger partial charge in [0.15, 0.2) is 11.5 Å². The maximum atomic E-state index is 13.0. The third-order valence-corrected chi connectivity index (χ3v) is 7.07. The number of piperazine rings is 1. The number of imide groups is 1. The summed E-state index contributed by atoms with van der Waals surface area (Å²) in [5.41, 5.74) is 1.83. The van der Waals surface area contributed by atoms with Gasteiger partial charge in [-0.25, -0.2) is 0 Å². The van der Waals surface area contributed by atoms with Crippen LogP contribution in [-0.2, 0) is 9.59 Å². The van der Waals surface area contributed by atoms with E-state index in [4.69, 9.17) is 9.47 Å². The van der Waals surface area contributed by atoms with Gasteiger partial charge < -0.3 is 19.3 Å². The average Bonchev–Trinajstić information content (AvgIpc) is 3.17. The largest absolute Gasteiger partial charge is 0.493 e. The van der Waals surface area contributed by atoms with Crippen LogP contribution in [0.15, 0.2) is 53.4 Å². The van der Waals surface area contributed by atoms with Crippen LogP contribution in [0.25, 0.3) is 6.08 Å². The Hall–Kier alpha value is -3.46. The number of carbonyl (C=O) groups excluding carboxylic acids is 3. The standard InChI is InChI=1S/C27H31N3O5S/c1-3-4-16-35-22-11-10-20(17-23(22)34-2)18-24-26(32)30(27(33)36-24)19-25(31)29-14-12-28(13-15-29)21-8-6-5-7-9-21/h5-11,17-18H,3-4,12-16,19H2,1-2H3/b24-18-. The zero-order valence-electron chi connectivity index (χ0n) is 20.6. The molecule has 2 aliphatic heterocycles. The van der Waals surface area contributed by atoms with E-state index in [1.165, 1.54) is 0 Å². The molecule has 0 spiro atoms. The molecular formula is C27H31N3O5S. The number of ether oxygens (including phenoxy) is 2. The summed E-state index contributed by atoms with van der Waals surface area (Å²) in [6.45, 7) is 4.95. The van der Waals surface area contributed by atoms with Crippen LogP contribution in [0, 0.1) is 0 Å². The molecule has 0 saturated carbocycles. The Morgan fingerprint density at radius 1 is 1.03 bits per heavy atom. The molecule has 8 nitrogen and oxygen atoms in total. The molecule has 0 N–H and O–H groups in total. The van der Waals surface area contributed by atoms with Crippen molar-refractivity contribution in [2.24, 2.45) is 0 Å². The molecule has 0 radical (unpaired) electrons. The van der Waals surface area contributed by atoms with Crippen LogP contribution in [0.5, 0.6) is 11.5 Å². The fraction of sp³-hybridized carbons (Fsp3) is 0.370. The monoisotopic (exact) mass is 509 g/mol. The quantitative estimate of drug-likeness (QED) is 0.369. The summed E-state index contributed by atoms with van der Waals surface area (Å²) in [6.07, 6.45) is 3.62. The maximum absolute atomic E-state index is 13.0. The Morgan fingerprint density at radius 2 is 1.78 bits per heavy atom. The lowest BCUT2D eigenvalue weighted by molar-refractivity contribution is -0.136. The predicted molar refractivity (Wildman–Crippen MR) is 141 cm³/mol. The van der Waals surface area contributed by atoms with Gasteiger partial charge in [0.25, 0.3) is 11.1 Å². The molecule has 2 aromatic rings. The van der Waals surface area contributed by atoms with Crippen molar-refractivity contribution in [2.75, 3.05) is 51.3 Å². The summed E-state index contributed by atoms with van der Waals surface area (Å²) in [5.74, 6) is 0.517. The van der Waals surface area contributed by atoms with Crippen LogP contribution < -0.4 is 14.4 Å². The van der Waals surface area contributed by atoms with Crippen molar-refractivity contribution >= 4 is 40.6 Å². The first-order valence-corrected chi connectivity index (χ1v) is 13.0. The fourth-order valence-corrected chi connectivity index (χ4v) is 4.93. The van der Waals surface area contributed by atoms with Crippen molar-refractivity contribution in [1.29, 1.82) is 0 Å². The summed E-state index contributed by atoms with van der Waals surface area (Å²) >= 11 is 0.845. The molecule has 9 heteroatoms. The van der Waals surface area contributed by atoms with E-state index >= 15 is 0 Å². The topological polar surface area (TPSA) is 79.4 Å². The Kier molecular flexibility index (Phi) is 8.53. The summed E-state index contributed by atoms with van der Waals surface area (Å²) in [7, 11) is 1.56. The molecule has 4 rings (SSSR count). The number of benzene rings is 2. The van der Waals surface area contributed by atoms with Gasteiger partial charge in [-0.3, -0.25) is 19.3 Å².